The second-order valence-corrected chi connectivity index (χ2v) is 4.08. The maximum absolute atomic E-state index is 11.3. The molecule has 0 aromatic carbocycles. The van der Waals surface area contributed by atoms with Crippen LogP contribution in [0.5, 0.6) is 0 Å². The molecule has 4 nitrogen and oxygen atoms in total. The third-order valence-electron chi connectivity index (χ3n) is 2.56. The van der Waals surface area contributed by atoms with Gasteiger partial charge in [0.2, 0.25) is 0 Å². The van der Waals surface area contributed by atoms with Crippen LogP contribution in [0.1, 0.15) is 20.3 Å². The van der Waals surface area contributed by atoms with Crippen LogP contribution in [0.15, 0.2) is 0 Å². The molecular formula is C10H20N2O2. The van der Waals surface area contributed by atoms with Crippen LogP contribution >= 0.6 is 0 Å². The third-order valence-corrected chi connectivity index (χ3v) is 2.56. The fourth-order valence-electron chi connectivity index (χ4n) is 1.62. The summed E-state index contributed by atoms with van der Waals surface area (Å²) < 4.78 is 5.12. The Balaban J connectivity index is 2.41. The standard InChI is InChI=1S/C10H20N2O2/c1-8(2)12-6-9(4-5-11-3)7-14-10(12)13/h8-9,11H,4-7H2,1-3H3. The molecule has 0 aliphatic carbocycles. The molecule has 1 atom stereocenters. The highest BCUT2D eigenvalue weighted by atomic mass is 16.6. The topological polar surface area (TPSA) is 41.6 Å². The van der Waals surface area contributed by atoms with E-state index in [9.17, 15) is 4.79 Å². The molecule has 1 fully saturated rings. The Bertz CT molecular complexity index is 195. The smallest absolute Gasteiger partial charge is 0.410 e. The molecule has 4 heteroatoms. The number of cyclic esters (lactones) is 1. The largest absolute Gasteiger partial charge is 0.449 e. The van der Waals surface area contributed by atoms with Crippen LogP contribution in [0.25, 0.3) is 0 Å². The van der Waals surface area contributed by atoms with Crippen molar-refractivity contribution in [2.75, 3.05) is 26.7 Å². The molecule has 1 saturated heterocycles. The van der Waals surface area contributed by atoms with E-state index < -0.39 is 0 Å². The van der Waals surface area contributed by atoms with Crippen LogP contribution in [0.3, 0.4) is 0 Å². The summed E-state index contributed by atoms with van der Waals surface area (Å²) in [5.41, 5.74) is 0. The molecule has 1 heterocycles. The quantitative estimate of drug-likeness (QED) is 0.738. The molecule has 82 valence electrons. The Morgan fingerprint density at radius 2 is 2.36 bits per heavy atom. The van der Waals surface area contributed by atoms with Crippen LogP contribution in [0, 0.1) is 5.92 Å². The fraction of sp³-hybridized carbons (Fsp3) is 0.900. The number of rotatable bonds is 4. The highest BCUT2D eigenvalue weighted by Crippen LogP contribution is 2.16. The van der Waals surface area contributed by atoms with Gasteiger partial charge in [0, 0.05) is 18.5 Å². The van der Waals surface area contributed by atoms with Gasteiger partial charge in [-0.1, -0.05) is 0 Å². The van der Waals surface area contributed by atoms with E-state index in [0.717, 1.165) is 19.5 Å². The molecule has 1 aliphatic heterocycles. The fourth-order valence-corrected chi connectivity index (χ4v) is 1.62. The lowest BCUT2D eigenvalue weighted by Gasteiger charge is -2.34. The lowest BCUT2D eigenvalue weighted by Crippen LogP contribution is -2.47. The number of carbonyl (C=O) groups is 1. The molecule has 1 unspecified atom stereocenters. The van der Waals surface area contributed by atoms with E-state index in [1.54, 1.807) is 4.90 Å². The second-order valence-electron chi connectivity index (χ2n) is 4.08. The van der Waals surface area contributed by atoms with Crippen LogP contribution in [0.2, 0.25) is 0 Å². The molecule has 0 aromatic heterocycles. The van der Waals surface area contributed by atoms with Crippen molar-refractivity contribution < 1.29 is 9.53 Å². The predicted octanol–water partition coefficient (Wildman–Crippen LogP) is 1.07. The maximum atomic E-state index is 11.3. The highest BCUT2D eigenvalue weighted by Gasteiger charge is 2.28. The van der Waals surface area contributed by atoms with E-state index in [1.165, 1.54) is 0 Å². The molecule has 1 rings (SSSR count). The molecule has 0 spiro atoms. The van der Waals surface area contributed by atoms with Crippen LogP contribution in [-0.2, 0) is 4.74 Å². The Morgan fingerprint density at radius 3 is 2.93 bits per heavy atom. The van der Waals surface area contributed by atoms with E-state index in [1.807, 2.05) is 20.9 Å². The van der Waals surface area contributed by atoms with Crippen molar-refractivity contribution in [3.63, 3.8) is 0 Å². The Kier molecular flexibility index (Phi) is 4.20. The minimum Gasteiger partial charge on any atom is -0.449 e. The van der Waals surface area contributed by atoms with E-state index in [2.05, 4.69) is 5.32 Å². The van der Waals surface area contributed by atoms with Crippen LogP contribution in [0.4, 0.5) is 4.79 Å². The van der Waals surface area contributed by atoms with Gasteiger partial charge in [0.1, 0.15) is 0 Å². The number of carbonyl (C=O) groups excluding carboxylic acids is 1. The first kappa shape index (κ1) is 11.3. The first-order valence-electron chi connectivity index (χ1n) is 5.23. The summed E-state index contributed by atoms with van der Waals surface area (Å²) in [5, 5.41) is 3.11. The molecule has 0 radical (unpaired) electrons. The average Bonchev–Trinajstić information content (AvgIpc) is 2.16. The summed E-state index contributed by atoms with van der Waals surface area (Å²) in [6.07, 6.45) is 0.896. The first-order chi connectivity index (χ1) is 6.65. The molecule has 1 amide bonds. The first-order valence-corrected chi connectivity index (χ1v) is 5.23. The summed E-state index contributed by atoms with van der Waals surface area (Å²) in [6, 6.07) is 0.236. The number of hydrogen-bond donors (Lipinski definition) is 1. The molecule has 14 heavy (non-hydrogen) atoms. The van der Waals surface area contributed by atoms with Crippen molar-refractivity contribution in [1.82, 2.24) is 10.2 Å². The van der Waals surface area contributed by atoms with E-state index in [4.69, 9.17) is 4.74 Å². The highest BCUT2D eigenvalue weighted by molar-refractivity contribution is 5.68. The number of nitrogens with one attached hydrogen (secondary N) is 1. The van der Waals surface area contributed by atoms with Crippen molar-refractivity contribution in [2.24, 2.45) is 5.92 Å². The number of hydrogen-bond acceptors (Lipinski definition) is 3. The zero-order valence-corrected chi connectivity index (χ0v) is 9.25. The third kappa shape index (κ3) is 2.87. The van der Waals surface area contributed by atoms with Gasteiger partial charge in [0.15, 0.2) is 0 Å². The predicted molar refractivity (Wildman–Crippen MR) is 55.2 cm³/mol. The maximum Gasteiger partial charge on any atom is 0.410 e. The second kappa shape index (κ2) is 5.20. The summed E-state index contributed by atoms with van der Waals surface area (Å²) in [4.78, 5) is 13.1. The van der Waals surface area contributed by atoms with Crippen molar-refractivity contribution in [3.05, 3.63) is 0 Å². The van der Waals surface area contributed by atoms with Crippen molar-refractivity contribution in [2.45, 2.75) is 26.3 Å². The summed E-state index contributed by atoms with van der Waals surface area (Å²) >= 11 is 0. The zero-order chi connectivity index (χ0) is 10.6. The molecular weight excluding hydrogens is 180 g/mol. The lowest BCUT2D eigenvalue weighted by molar-refractivity contribution is 0.0299. The van der Waals surface area contributed by atoms with Gasteiger partial charge in [-0.3, -0.25) is 0 Å². The van der Waals surface area contributed by atoms with E-state index in [0.29, 0.717) is 12.5 Å². The number of amides is 1. The van der Waals surface area contributed by atoms with Gasteiger partial charge < -0.3 is 15.0 Å². The van der Waals surface area contributed by atoms with Gasteiger partial charge in [-0.15, -0.1) is 0 Å². The van der Waals surface area contributed by atoms with Gasteiger partial charge in [-0.2, -0.15) is 0 Å². The zero-order valence-electron chi connectivity index (χ0n) is 9.25. The van der Waals surface area contributed by atoms with Gasteiger partial charge in [-0.05, 0) is 33.9 Å². The summed E-state index contributed by atoms with van der Waals surface area (Å²) in [5.74, 6) is 0.475. The van der Waals surface area contributed by atoms with Crippen molar-refractivity contribution in [1.29, 1.82) is 0 Å². The molecule has 1 aliphatic rings. The minimum absolute atomic E-state index is 0.166. The Labute approximate surface area is 85.6 Å². The van der Waals surface area contributed by atoms with Crippen molar-refractivity contribution in [3.8, 4) is 0 Å². The lowest BCUT2D eigenvalue weighted by atomic mass is 10.0. The number of nitrogens with zero attached hydrogens (tertiary/aromatic N) is 1. The van der Waals surface area contributed by atoms with Gasteiger partial charge >= 0.3 is 6.09 Å². The molecule has 0 aromatic rings. The normalized spacial score (nSPS) is 22.7. The number of ether oxygens (including phenoxy) is 1. The van der Waals surface area contributed by atoms with Gasteiger partial charge in [-0.25, -0.2) is 4.79 Å². The van der Waals surface area contributed by atoms with Gasteiger partial charge in [0.05, 0.1) is 6.61 Å². The van der Waals surface area contributed by atoms with Gasteiger partial charge in [0.25, 0.3) is 0 Å². The van der Waals surface area contributed by atoms with Crippen molar-refractivity contribution >= 4 is 6.09 Å². The Hall–Kier alpha value is -0.770. The van der Waals surface area contributed by atoms with E-state index >= 15 is 0 Å². The molecule has 0 saturated carbocycles. The van der Waals surface area contributed by atoms with E-state index in [-0.39, 0.29) is 12.1 Å². The summed E-state index contributed by atoms with van der Waals surface area (Å²) in [6.45, 7) is 6.42. The molecule has 1 N–H and O–H groups in total. The average molecular weight is 200 g/mol. The minimum atomic E-state index is -0.166. The SMILES string of the molecule is CNCCC1COC(=O)N(C(C)C)C1. The molecule has 0 bridgehead atoms. The summed E-state index contributed by atoms with van der Waals surface area (Å²) in [7, 11) is 1.94. The van der Waals surface area contributed by atoms with Crippen LogP contribution in [-0.4, -0.2) is 43.8 Å². The Morgan fingerprint density at radius 1 is 1.64 bits per heavy atom. The van der Waals surface area contributed by atoms with Crippen LogP contribution < -0.4 is 5.32 Å². The monoisotopic (exact) mass is 200 g/mol.